The third kappa shape index (κ3) is 4.03. The van der Waals surface area contributed by atoms with E-state index in [2.05, 4.69) is 36.8 Å². The van der Waals surface area contributed by atoms with Gasteiger partial charge in [0, 0.05) is 10.9 Å². The molecule has 0 spiro atoms. The highest BCUT2D eigenvalue weighted by atomic mass is 79.9. The van der Waals surface area contributed by atoms with Crippen molar-refractivity contribution >= 4 is 31.9 Å². The fraction of sp³-hybridized carbons (Fsp3) is 0.267. The van der Waals surface area contributed by atoms with E-state index in [1.54, 1.807) is 0 Å². The summed E-state index contributed by atoms with van der Waals surface area (Å²) in [6.45, 7) is 0. The predicted molar refractivity (Wildman–Crippen MR) is 86.5 cm³/mol. The number of nitrogens with zero attached hydrogens (tertiary/aromatic N) is 1. The molecule has 0 aliphatic heterocycles. The molecule has 2 aromatic rings. The van der Waals surface area contributed by atoms with Gasteiger partial charge in [0.25, 0.3) is 0 Å². The van der Waals surface area contributed by atoms with E-state index in [1.807, 2.05) is 0 Å². The van der Waals surface area contributed by atoms with E-state index >= 15 is 0 Å². The maximum absolute atomic E-state index is 13.4. The molecule has 1 unspecified atom stereocenters. The van der Waals surface area contributed by atoms with Crippen LogP contribution in [0.4, 0.5) is 17.6 Å². The first kappa shape index (κ1) is 18.2. The Hall–Kier alpha value is -1.15. The van der Waals surface area contributed by atoms with Gasteiger partial charge in [0.05, 0.1) is 17.3 Å². The Morgan fingerprint density at radius 2 is 1.91 bits per heavy atom. The van der Waals surface area contributed by atoms with Crippen LogP contribution in [-0.4, -0.2) is 23.6 Å². The van der Waals surface area contributed by atoms with Crippen LogP contribution in [0.25, 0.3) is 11.3 Å². The van der Waals surface area contributed by atoms with E-state index in [1.165, 1.54) is 37.4 Å². The van der Waals surface area contributed by atoms with Crippen molar-refractivity contribution in [2.45, 2.75) is 12.1 Å². The van der Waals surface area contributed by atoms with Crippen LogP contribution in [0.5, 0.6) is 5.75 Å². The van der Waals surface area contributed by atoms with E-state index in [9.17, 15) is 17.6 Å². The molecule has 2 nitrogen and oxygen atoms in total. The first-order valence-electron chi connectivity index (χ1n) is 6.41. The second-order valence-corrected chi connectivity index (χ2v) is 6.17. The number of methoxy groups -OCH3 is 1. The molecule has 1 heterocycles. The van der Waals surface area contributed by atoms with Crippen LogP contribution >= 0.6 is 31.9 Å². The standard InChI is InChI=1S/C15H11Br2F4NO/c1-23-13-5-4-12(9(7-16)15(19,20)21)22-14(13)8-2-3-11(18)10(17)6-8/h2-6,9H,7H2,1H3. The fourth-order valence-corrected chi connectivity index (χ4v) is 3.08. The number of hydrogen-bond donors (Lipinski definition) is 0. The Labute approximate surface area is 147 Å². The molecular weight excluding hydrogens is 446 g/mol. The number of ether oxygens (including phenoxy) is 1. The first-order chi connectivity index (χ1) is 10.8. The van der Waals surface area contributed by atoms with E-state index < -0.39 is 17.9 Å². The van der Waals surface area contributed by atoms with Crippen LogP contribution in [0.2, 0.25) is 0 Å². The Morgan fingerprint density at radius 3 is 2.43 bits per heavy atom. The zero-order valence-electron chi connectivity index (χ0n) is 11.8. The van der Waals surface area contributed by atoms with Gasteiger partial charge in [-0.05, 0) is 46.3 Å². The predicted octanol–water partition coefficient (Wildman–Crippen LogP) is 5.70. The smallest absolute Gasteiger partial charge is 0.398 e. The lowest BCUT2D eigenvalue weighted by Gasteiger charge is -2.19. The van der Waals surface area contributed by atoms with Gasteiger partial charge in [-0.25, -0.2) is 9.37 Å². The van der Waals surface area contributed by atoms with Gasteiger partial charge in [-0.3, -0.25) is 0 Å². The first-order valence-corrected chi connectivity index (χ1v) is 8.32. The number of hydrogen-bond acceptors (Lipinski definition) is 2. The van der Waals surface area contributed by atoms with Crippen molar-refractivity contribution in [2.24, 2.45) is 0 Å². The average molecular weight is 457 g/mol. The van der Waals surface area contributed by atoms with Crippen molar-refractivity contribution < 1.29 is 22.3 Å². The van der Waals surface area contributed by atoms with Gasteiger partial charge in [-0.1, -0.05) is 15.9 Å². The van der Waals surface area contributed by atoms with E-state index in [4.69, 9.17) is 4.74 Å². The topological polar surface area (TPSA) is 22.1 Å². The van der Waals surface area contributed by atoms with E-state index in [0.717, 1.165) is 0 Å². The van der Waals surface area contributed by atoms with Gasteiger partial charge >= 0.3 is 6.18 Å². The number of pyridine rings is 1. The second-order valence-electron chi connectivity index (χ2n) is 4.66. The van der Waals surface area contributed by atoms with Crippen molar-refractivity contribution in [1.29, 1.82) is 0 Å². The maximum Gasteiger partial charge on any atom is 0.398 e. The quantitative estimate of drug-likeness (QED) is 0.435. The summed E-state index contributed by atoms with van der Waals surface area (Å²) in [4.78, 5) is 4.10. The Bertz CT molecular complexity index is 706. The number of halogens is 6. The summed E-state index contributed by atoms with van der Waals surface area (Å²) in [5, 5.41) is -0.303. The number of rotatable bonds is 4. The Balaban J connectivity index is 2.57. The molecule has 0 amide bonds. The normalized spacial score (nSPS) is 13.0. The molecular formula is C15H11Br2F4NO. The summed E-state index contributed by atoms with van der Waals surface area (Å²) in [6.07, 6.45) is -4.42. The van der Waals surface area contributed by atoms with Gasteiger partial charge < -0.3 is 4.74 Å². The monoisotopic (exact) mass is 455 g/mol. The van der Waals surface area contributed by atoms with Gasteiger partial charge in [0.1, 0.15) is 23.2 Å². The minimum atomic E-state index is -4.42. The van der Waals surface area contributed by atoms with Crippen LogP contribution in [0.1, 0.15) is 11.6 Å². The molecule has 1 aromatic carbocycles. The molecule has 0 saturated carbocycles. The summed E-state index contributed by atoms with van der Waals surface area (Å²) in [5.74, 6) is -1.91. The minimum absolute atomic E-state index is 0.134. The Morgan fingerprint density at radius 1 is 1.22 bits per heavy atom. The van der Waals surface area contributed by atoms with E-state index in [-0.39, 0.29) is 21.2 Å². The summed E-state index contributed by atoms with van der Waals surface area (Å²) >= 11 is 5.93. The third-order valence-electron chi connectivity index (χ3n) is 3.20. The van der Waals surface area contributed by atoms with E-state index in [0.29, 0.717) is 11.3 Å². The highest BCUT2D eigenvalue weighted by molar-refractivity contribution is 9.10. The van der Waals surface area contributed by atoms with Crippen molar-refractivity contribution in [3.8, 4) is 17.0 Å². The molecule has 0 aliphatic rings. The highest BCUT2D eigenvalue weighted by Gasteiger charge is 2.41. The van der Waals surface area contributed by atoms with Gasteiger partial charge in [0.2, 0.25) is 0 Å². The van der Waals surface area contributed by atoms with Crippen LogP contribution < -0.4 is 4.74 Å². The molecule has 0 fully saturated rings. The summed E-state index contributed by atoms with van der Waals surface area (Å²) in [5.41, 5.74) is 0.541. The van der Waals surface area contributed by atoms with Gasteiger partial charge in [0.15, 0.2) is 0 Å². The SMILES string of the molecule is COc1ccc(C(CBr)C(F)(F)F)nc1-c1ccc(F)c(Br)c1. The molecule has 8 heteroatoms. The van der Waals surface area contributed by atoms with Crippen LogP contribution in [0.3, 0.4) is 0 Å². The fourth-order valence-electron chi connectivity index (χ4n) is 2.00. The molecule has 23 heavy (non-hydrogen) atoms. The minimum Gasteiger partial charge on any atom is -0.494 e. The molecule has 0 radical (unpaired) electrons. The summed E-state index contributed by atoms with van der Waals surface area (Å²) < 4.78 is 58.0. The molecule has 124 valence electrons. The largest absolute Gasteiger partial charge is 0.494 e. The average Bonchev–Trinajstić information content (AvgIpc) is 2.49. The van der Waals surface area contributed by atoms with Crippen LogP contribution in [0.15, 0.2) is 34.8 Å². The summed E-state index contributed by atoms with van der Waals surface area (Å²) in [6, 6.07) is 6.79. The second kappa shape index (κ2) is 7.17. The van der Waals surface area contributed by atoms with Crippen LogP contribution in [0, 0.1) is 5.82 Å². The molecule has 2 rings (SSSR count). The zero-order chi connectivity index (χ0) is 17.2. The number of aromatic nitrogens is 1. The number of benzene rings is 1. The highest BCUT2D eigenvalue weighted by Crippen LogP contribution is 2.38. The molecule has 0 N–H and O–H groups in total. The summed E-state index contributed by atoms with van der Waals surface area (Å²) in [7, 11) is 1.39. The molecule has 0 bridgehead atoms. The molecule has 0 aliphatic carbocycles. The van der Waals surface area contributed by atoms with Crippen molar-refractivity contribution in [3.63, 3.8) is 0 Å². The third-order valence-corrected chi connectivity index (χ3v) is 4.45. The van der Waals surface area contributed by atoms with Crippen molar-refractivity contribution in [1.82, 2.24) is 4.98 Å². The van der Waals surface area contributed by atoms with Gasteiger partial charge in [-0.2, -0.15) is 13.2 Å². The lowest BCUT2D eigenvalue weighted by molar-refractivity contribution is -0.145. The van der Waals surface area contributed by atoms with Crippen molar-refractivity contribution in [2.75, 3.05) is 12.4 Å². The molecule has 1 aromatic heterocycles. The zero-order valence-corrected chi connectivity index (χ0v) is 15.0. The Kier molecular flexibility index (Phi) is 5.67. The van der Waals surface area contributed by atoms with Crippen LogP contribution in [-0.2, 0) is 0 Å². The maximum atomic E-state index is 13.4. The lowest BCUT2D eigenvalue weighted by atomic mass is 10.0. The van der Waals surface area contributed by atoms with Crippen molar-refractivity contribution in [3.05, 3.63) is 46.3 Å². The number of alkyl halides is 4. The van der Waals surface area contributed by atoms with Gasteiger partial charge in [-0.15, -0.1) is 0 Å². The lowest BCUT2D eigenvalue weighted by Crippen LogP contribution is -2.23. The molecule has 1 atom stereocenters. The molecule has 0 saturated heterocycles.